The molecular weight excluding hydrogens is 396 g/mol. The largest absolute Gasteiger partial charge is 0.496 e. The summed E-state index contributed by atoms with van der Waals surface area (Å²) in [5.41, 5.74) is 3.51. The lowest BCUT2D eigenvalue weighted by Gasteiger charge is -2.26. The number of pyridine rings is 1. The van der Waals surface area contributed by atoms with Crippen molar-refractivity contribution in [3.05, 3.63) is 36.2 Å². The Kier molecular flexibility index (Phi) is 5.71. The van der Waals surface area contributed by atoms with Gasteiger partial charge in [-0.05, 0) is 63.8 Å². The standard InChI is InChI=1S/C22H28N6OS/c1-14-10-20(30-27-14)16-12-23-18(11-19(16)29-5)17-6-7-21(26-25-17)28-9-8-15(13-28)24-22(2,3)4/h6-7,10-12,15,24H,8-9,13H2,1-5H3/t15-/m1/s1. The Hall–Kier alpha value is -2.58. The number of ether oxygens (including phenoxy) is 1. The molecule has 0 aliphatic carbocycles. The van der Waals surface area contributed by atoms with Crippen LogP contribution in [0.15, 0.2) is 30.5 Å². The van der Waals surface area contributed by atoms with E-state index in [4.69, 9.17) is 4.74 Å². The normalized spacial score (nSPS) is 16.8. The summed E-state index contributed by atoms with van der Waals surface area (Å²) in [5.74, 6) is 1.66. The molecule has 1 atom stereocenters. The highest BCUT2D eigenvalue weighted by Gasteiger charge is 2.26. The van der Waals surface area contributed by atoms with Crippen LogP contribution in [0.3, 0.4) is 0 Å². The van der Waals surface area contributed by atoms with Crippen molar-refractivity contribution in [1.82, 2.24) is 24.9 Å². The molecule has 158 valence electrons. The molecule has 0 amide bonds. The molecule has 0 aromatic carbocycles. The van der Waals surface area contributed by atoms with Crippen LogP contribution < -0.4 is 15.0 Å². The molecule has 1 aliphatic heterocycles. The fourth-order valence-electron chi connectivity index (χ4n) is 3.75. The molecule has 1 aliphatic rings. The fourth-order valence-corrected chi connectivity index (χ4v) is 4.52. The molecule has 3 aromatic rings. The van der Waals surface area contributed by atoms with Crippen LogP contribution in [0.25, 0.3) is 21.8 Å². The van der Waals surface area contributed by atoms with Gasteiger partial charge in [0.05, 0.1) is 28.9 Å². The highest BCUT2D eigenvalue weighted by atomic mass is 32.1. The van der Waals surface area contributed by atoms with Crippen molar-refractivity contribution >= 4 is 17.4 Å². The van der Waals surface area contributed by atoms with E-state index in [2.05, 4.69) is 50.5 Å². The third-order valence-corrected chi connectivity index (χ3v) is 5.96. The van der Waals surface area contributed by atoms with Gasteiger partial charge in [-0.2, -0.15) is 4.37 Å². The van der Waals surface area contributed by atoms with E-state index in [1.807, 2.05) is 37.4 Å². The molecule has 0 bridgehead atoms. The number of hydrogen-bond donors (Lipinski definition) is 1. The maximum atomic E-state index is 5.60. The van der Waals surface area contributed by atoms with Crippen LogP contribution in [0, 0.1) is 6.92 Å². The van der Waals surface area contributed by atoms with Crippen molar-refractivity contribution in [2.24, 2.45) is 0 Å². The second-order valence-electron chi connectivity index (χ2n) is 8.71. The summed E-state index contributed by atoms with van der Waals surface area (Å²) < 4.78 is 9.95. The number of aromatic nitrogens is 4. The second kappa shape index (κ2) is 8.28. The van der Waals surface area contributed by atoms with Crippen molar-refractivity contribution < 1.29 is 4.74 Å². The van der Waals surface area contributed by atoms with Crippen LogP contribution in [-0.4, -0.2) is 51.3 Å². The van der Waals surface area contributed by atoms with E-state index in [9.17, 15) is 0 Å². The van der Waals surface area contributed by atoms with Gasteiger partial charge < -0.3 is 15.0 Å². The van der Waals surface area contributed by atoms with E-state index in [-0.39, 0.29) is 5.54 Å². The van der Waals surface area contributed by atoms with Crippen molar-refractivity contribution in [3.8, 4) is 27.6 Å². The van der Waals surface area contributed by atoms with Gasteiger partial charge in [-0.25, -0.2) is 0 Å². The van der Waals surface area contributed by atoms with Crippen LogP contribution in [0.1, 0.15) is 32.9 Å². The molecule has 1 saturated heterocycles. The number of anilines is 1. The molecule has 0 saturated carbocycles. The zero-order valence-electron chi connectivity index (χ0n) is 18.1. The molecule has 4 heterocycles. The minimum Gasteiger partial charge on any atom is -0.496 e. The maximum Gasteiger partial charge on any atom is 0.151 e. The van der Waals surface area contributed by atoms with E-state index >= 15 is 0 Å². The number of methoxy groups -OCH3 is 1. The van der Waals surface area contributed by atoms with Crippen LogP contribution >= 0.6 is 11.5 Å². The van der Waals surface area contributed by atoms with Crippen LogP contribution in [-0.2, 0) is 0 Å². The summed E-state index contributed by atoms with van der Waals surface area (Å²) in [6.07, 6.45) is 2.93. The van der Waals surface area contributed by atoms with E-state index in [1.54, 1.807) is 7.11 Å². The lowest BCUT2D eigenvalue weighted by molar-refractivity contribution is 0.373. The van der Waals surface area contributed by atoms with Gasteiger partial charge in [0.25, 0.3) is 0 Å². The molecule has 4 rings (SSSR count). The van der Waals surface area contributed by atoms with Gasteiger partial charge in [0, 0.05) is 36.9 Å². The Bertz CT molecular complexity index is 1010. The summed E-state index contributed by atoms with van der Waals surface area (Å²) in [6.45, 7) is 10.5. The Morgan fingerprint density at radius 2 is 2.00 bits per heavy atom. The van der Waals surface area contributed by atoms with Gasteiger partial charge in [0.1, 0.15) is 11.4 Å². The maximum absolute atomic E-state index is 5.60. The smallest absolute Gasteiger partial charge is 0.151 e. The third-order valence-electron chi connectivity index (χ3n) is 5.04. The topological polar surface area (TPSA) is 76.1 Å². The average Bonchev–Trinajstić information content (AvgIpc) is 3.35. The number of rotatable bonds is 5. The van der Waals surface area contributed by atoms with E-state index in [0.29, 0.717) is 6.04 Å². The highest BCUT2D eigenvalue weighted by molar-refractivity contribution is 7.09. The first-order valence-corrected chi connectivity index (χ1v) is 10.9. The van der Waals surface area contributed by atoms with Gasteiger partial charge in [-0.3, -0.25) is 4.98 Å². The predicted molar refractivity (Wildman–Crippen MR) is 121 cm³/mol. The molecule has 0 radical (unpaired) electrons. The Morgan fingerprint density at radius 1 is 1.17 bits per heavy atom. The lowest BCUT2D eigenvalue weighted by atomic mass is 10.1. The van der Waals surface area contributed by atoms with Gasteiger partial charge in [-0.1, -0.05) is 0 Å². The van der Waals surface area contributed by atoms with Crippen LogP contribution in [0.4, 0.5) is 5.82 Å². The van der Waals surface area contributed by atoms with E-state index in [0.717, 1.165) is 58.6 Å². The number of nitrogens with zero attached hydrogens (tertiary/aromatic N) is 5. The summed E-state index contributed by atoms with van der Waals surface area (Å²) in [6, 6.07) is 8.42. The van der Waals surface area contributed by atoms with Crippen molar-refractivity contribution in [2.75, 3.05) is 25.1 Å². The van der Waals surface area contributed by atoms with Crippen LogP contribution in [0.2, 0.25) is 0 Å². The molecule has 0 unspecified atom stereocenters. The molecule has 8 heteroatoms. The zero-order chi connectivity index (χ0) is 21.3. The highest BCUT2D eigenvalue weighted by Crippen LogP contribution is 2.34. The van der Waals surface area contributed by atoms with Gasteiger partial charge in [0.15, 0.2) is 5.82 Å². The SMILES string of the molecule is COc1cc(-c2ccc(N3CC[C@@H](NC(C)(C)C)C3)nn2)ncc1-c1cc(C)ns1. The number of hydrogen-bond acceptors (Lipinski definition) is 8. The third kappa shape index (κ3) is 4.60. The Balaban J connectivity index is 1.50. The minimum absolute atomic E-state index is 0.116. The van der Waals surface area contributed by atoms with Gasteiger partial charge >= 0.3 is 0 Å². The number of nitrogens with one attached hydrogen (secondary N) is 1. The summed E-state index contributed by atoms with van der Waals surface area (Å²) in [7, 11) is 1.67. The molecule has 7 nitrogen and oxygen atoms in total. The first kappa shape index (κ1) is 20.7. The minimum atomic E-state index is 0.116. The van der Waals surface area contributed by atoms with Crippen molar-refractivity contribution in [1.29, 1.82) is 0 Å². The summed E-state index contributed by atoms with van der Waals surface area (Å²) in [4.78, 5) is 7.92. The first-order valence-electron chi connectivity index (χ1n) is 10.2. The predicted octanol–water partition coefficient (Wildman–Crippen LogP) is 3.95. The first-order chi connectivity index (χ1) is 14.3. The Labute approximate surface area is 181 Å². The number of aryl methyl sites for hydroxylation is 1. The van der Waals surface area contributed by atoms with Gasteiger partial charge in [0.2, 0.25) is 0 Å². The van der Waals surface area contributed by atoms with E-state index < -0.39 is 0 Å². The molecule has 1 fully saturated rings. The molecule has 0 spiro atoms. The summed E-state index contributed by atoms with van der Waals surface area (Å²) in [5, 5.41) is 12.6. The molecular formula is C22H28N6OS. The molecule has 30 heavy (non-hydrogen) atoms. The Morgan fingerprint density at radius 3 is 2.63 bits per heavy atom. The molecule has 1 N–H and O–H groups in total. The lowest BCUT2D eigenvalue weighted by Crippen LogP contribution is -2.45. The zero-order valence-corrected chi connectivity index (χ0v) is 19.0. The van der Waals surface area contributed by atoms with Crippen LogP contribution in [0.5, 0.6) is 5.75 Å². The average molecular weight is 425 g/mol. The van der Waals surface area contributed by atoms with E-state index in [1.165, 1.54) is 11.5 Å². The van der Waals surface area contributed by atoms with Crippen molar-refractivity contribution in [3.63, 3.8) is 0 Å². The van der Waals surface area contributed by atoms with Crippen molar-refractivity contribution in [2.45, 2.75) is 45.7 Å². The summed E-state index contributed by atoms with van der Waals surface area (Å²) >= 11 is 1.44. The molecule has 3 aromatic heterocycles. The van der Waals surface area contributed by atoms with Gasteiger partial charge in [-0.15, -0.1) is 10.2 Å². The monoisotopic (exact) mass is 424 g/mol. The quantitative estimate of drug-likeness (QED) is 0.665. The fraction of sp³-hybridized carbons (Fsp3) is 0.455. The second-order valence-corrected chi connectivity index (χ2v) is 9.51.